The normalized spacial score (nSPS) is 8.12. The van der Waals surface area contributed by atoms with Gasteiger partial charge in [0.25, 0.3) is 0 Å². The van der Waals surface area contributed by atoms with Gasteiger partial charge in [-0.1, -0.05) is 91.0 Å². The van der Waals surface area contributed by atoms with Crippen LogP contribution in [0, 0.1) is 31.1 Å². The molecule has 0 atom stereocenters. The van der Waals surface area contributed by atoms with Gasteiger partial charge in [-0.25, -0.2) is 0 Å². The van der Waals surface area contributed by atoms with E-state index < -0.39 is 17.9 Å². The van der Waals surface area contributed by atoms with Gasteiger partial charge < -0.3 is 26.3 Å². The minimum absolute atomic E-state index is 0. The molecule has 3 aromatic rings. The van der Waals surface area contributed by atoms with E-state index in [0.29, 0.717) is 0 Å². The first-order valence-electron chi connectivity index (χ1n) is 9.14. The van der Waals surface area contributed by atoms with Gasteiger partial charge in [-0.15, -0.1) is 0 Å². The molecule has 0 amide bonds. The van der Waals surface area contributed by atoms with E-state index in [4.69, 9.17) is 15.3 Å². The van der Waals surface area contributed by atoms with E-state index in [9.17, 15) is 14.4 Å². The van der Waals surface area contributed by atoms with Gasteiger partial charge in [0.2, 0.25) is 0 Å². The fourth-order valence-electron chi connectivity index (χ4n) is 2.31. The summed E-state index contributed by atoms with van der Waals surface area (Å²) in [6.45, 7) is 0. The van der Waals surface area contributed by atoms with E-state index in [1.54, 1.807) is 36.4 Å². The van der Waals surface area contributed by atoms with Crippen LogP contribution in [0.3, 0.4) is 0 Å². The van der Waals surface area contributed by atoms with Crippen LogP contribution in [0.25, 0.3) is 0 Å². The fraction of sp³-hybridized carbons (Fsp3) is 0.125. The topological polar surface area (TPSA) is 175 Å². The van der Waals surface area contributed by atoms with Crippen molar-refractivity contribution < 1.29 is 101 Å². The Hall–Kier alpha value is -1.96. The van der Waals surface area contributed by atoms with E-state index >= 15 is 0 Å². The summed E-state index contributed by atoms with van der Waals surface area (Å²) in [5.74, 6) is -2.36. The second-order valence-corrected chi connectivity index (χ2v) is 6.17. The molecule has 0 heterocycles. The number of aliphatic carboxylic acids is 3. The van der Waals surface area contributed by atoms with Crippen molar-refractivity contribution in [3.63, 3.8) is 0 Å². The number of carboxylic acids is 3. The smallest absolute Gasteiger partial charge is 0.481 e. The van der Waals surface area contributed by atoms with Gasteiger partial charge >= 0.3 is 47.5 Å². The molecule has 34 heavy (non-hydrogen) atoms. The van der Waals surface area contributed by atoms with E-state index in [2.05, 4.69) is 0 Å². The average Bonchev–Trinajstić information content (AvgIpc) is 2.70. The maximum Gasteiger partial charge on any atom is 1.00 e. The van der Waals surface area contributed by atoms with Gasteiger partial charge in [-0.3, -0.25) is 14.4 Å². The van der Waals surface area contributed by atoms with Gasteiger partial charge in [0.05, 0.1) is 19.3 Å². The Morgan fingerprint density at radius 3 is 0.794 bits per heavy atom. The van der Waals surface area contributed by atoms with Crippen molar-refractivity contribution in [2.24, 2.45) is 0 Å². The molecule has 8 nitrogen and oxygen atoms in total. The van der Waals surface area contributed by atoms with Gasteiger partial charge in [-0.2, -0.15) is 0 Å². The zero-order chi connectivity index (χ0) is 22.2. The number of hydrogen-bond donors (Lipinski definition) is 3. The Labute approximate surface area is 244 Å². The van der Waals surface area contributed by atoms with Crippen LogP contribution in [0.2, 0.25) is 0 Å². The third-order valence-electron chi connectivity index (χ3n) is 3.59. The average molecular weight is 705 g/mol. The summed E-state index contributed by atoms with van der Waals surface area (Å²) < 4.78 is 0. The van der Waals surface area contributed by atoms with Gasteiger partial charge in [-0.05, 0) is 16.7 Å². The van der Waals surface area contributed by atoms with Crippen molar-refractivity contribution in [3.05, 3.63) is 108 Å². The summed E-state index contributed by atoms with van der Waals surface area (Å²) in [5.41, 5.74) is 2.53. The minimum Gasteiger partial charge on any atom is -0.481 e. The summed E-state index contributed by atoms with van der Waals surface area (Å²) in [6, 6.07) is 27.4. The SMILES string of the molecule is O.O.O=C(O)Cc1ccccc1.O=C(O)Cc1ccccc1.O=C(O)Cc1ccccc1.[Na+].[U]. The number of hydrogen-bond acceptors (Lipinski definition) is 3. The van der Waals surface area contributed by atoms with Crippen LogP contribution < -0.4 is 29.6 Å². The summed E-state index contributed by atoms with van der Waals surface area (Å²) in [4.78, 5) is 30.5. The van der Waals surface area contributed by atoms with Crippen LogP contribution in [0.15, 0.2) is 91.0 Å². The van der Waals surface area contributed by atoms with E-state index in [1.807, 2.05) is 54.6 Å². The van der Waals surface area contributed by atoms with Gasteiger partial charge in [0.15, 0.2) is 0 Å². The Bertz CT molecular complexity index is 788. The number of rotatable bonds is 6. The predicted molar refractivity (Wildman–Crippen MR) is 121 cm³/mol. The van der Waals surface area contributed by atoms with Crippen LogP contribution in [-0.2, 0) is 33.6 Å². The fourth-order valence-corrected chi connectivity index (χ4v) is 2.31. The Morgan fingerprint density at radius 2 is 0.647 bits per heavy atom. The van der Waals surface area contributed by atoms with Crippen molar-refractivity contribution in [2.75, 3.05) is 0 Å². The van der Waals surface area contributed by atoms with E-state index in [0.717, 1.165) is 16.7 Å². The maximum absolute atomic E-state index is 10.2. The molecule has 3 rings (SSSR count). The largest absolute Gasteiger partial charge is 1.00 e. The van der Waals surface area contributed by atoms with Crippen LogP contribution in [0.1, 0.15) is 16.7 Å². The molecule has 0 radical (unpaired) electrons. The third kappa shape index (κ3) is 21.9. The van der Waals surface area contributed by atoms with Crippen molar-refractivity contribution in [2.45, 2.75) is 19.3 Å². The Kier molecular flexibility index (Phi) is 27.9. The second kappa shape index (κ2) is 24.2. The molecule has 0 aromatic heterocycles. The molecule has 0 fully saturated rings. The quantitative estimate of drug-likeness (QED) is 0.286. The van der Waals surface area contributed by atoms with Crippen LogP contribution in [0.4, 0.5) is 0 Å². The molecule has 3 aromatic carbocycles. The molecule has 0 saturated carbocycles. The molecule has 0 spiro atoms. The Morgan fingerprint density at radius 1 is 0.471 bits per heavy atom. The molecule has 0 saturated heterocycles. The van der Waals surface area contributed by atoms with Gasteiger partial charge in [0.1, 0.15) is 0 Å². The van der Waals surface area contributed by atoms with Crippen molar-refractivity contribution >= 4 is 17.9 Å². The molecule has 0 bridgehead atoms. The summed E-state index contributed by atoms with van der Waals surface area (Å²) in [6.07, 6.45) is 0.336. The summed E-state index contributed by atoms with van der Waals surface area (Å²) >= 11 is 0. The molecule has 10 heteroatoms. The van der Waals surface area contributed by atoms with Crippen molar-refractivity contribution in [3.8, 4) is 0 Å². The monoisotopic (exact) mass is 705 g/mol. The zero-order valence-corrected chi connectivity index (χ0v) is 25.0. The number of carbonyl (C=O) groups is 3. The first-order chi connectivity index (χ1) is 14.4. The van der Waals surface area contributed by atoms with Gasteiger partial charge in [0, 0.05) is 31.1 Å². The molecule has 0 unspecified atom stereocenters. The molecular weight excluding hydrogens is 677 g/mol. The standard InChI is InChI=1S/3C8H8O2.Na.2H2O.U/c3*9-8(10)6-7-4-2-1-3-5-7;;;;/h3*1-5H,6H2,(H,9,10);;2*1H2;/q;;;+1;;;. The molecule has 0 aliphatic rings. The number of benzene rings is 3. The Balaban J connectivity index is -0.000000187. The van der Waals surface area contributed by atoms with Crippen LogP contribution >= 0.6 is 0 Å². The molecule has 0 aliphatic heterocycles. The van der Waals surface area contributed by atoms with E-state index in [1.165, 1.54) is 0 Å². The molecule has 0 aliphatic carbocycles. The molecular formula is C24H28NaO8U+. The second-order valence-electron chi connectivity index (χ2n) is 6.17. The maximum atomic E-state index is 10.2. The first-order valence-corrected chi connectivity index (χ1v) is 9.14. The van der Waals surface area contributed by atoms with Crippen LogP contribution in [-0.4, -0.2) is 44.2 Å². The first kappa shape index (κ1) is 39.3. The summed E-state index contributed by atoms with van der Waals surface area (Å²) in [7, 11) is 0. The minimum atomic E-state index is -0.786. The molecule has 7 N–H and O–H groups in total. The van der Waals surface area contributed by atoms with E-state index in [-0.39, 0.29) is 90.9 Å². The van der Waals surface area contributed by atoms with Crippen molar-refractivity contribution in [1.82, 2.24) is 0 Å². The predicted octanol–water partition coefficient (Wildman–Crippen LogP) is -0.704. The zero-order valence-electron chi connectivity index (χ0n) is 18.8. The van der Waals surface area contributed by atoms with Crippen LogP contribution in [0.5, 0.6) is 0 Å². The number of carboxylic acid groups (broad SMARTS) is 3. The van der Waals surface area contributed by atoms with Crippen molar-refractivity contribution in [1.29, 1.82) is 0 Å². The molecule has 176 valence electrons. The third-order valence-corrected chi connectivity index (χ3v) is 3.59. The summed E-state index contributed by atoms with van der Waals surface area (Å²) in [5, 5.41) is 25.1.